The van der Waals surface area contributed by atoms with Gasteiger partial charge in [0.1, 0.15) is 6.04 Å². The average Bonchev–Trinajstić information content (AvgIpc) is 2.74. The van der Waals surface area contributed by atoms with Gasteiger partial charge in [-0.25, -0.2) is 0 Å². The summed E-state index contributed by atoms with van der Waals surface area (Å²) < 4.78 is 0. The first-order valence-corrected chi connectivity index (χ1v) is 9.20. The molecule has 5 nitrogen and oxygen atoms in total. The van der Waals surface area contributed by atoms with Crippen molar-refractivity contribution in [1.82, 2.24) is 9.80 Å². The molecule has 3 amide bonds. The van der Waals surface area contributed by atoms with E-state index in [2.05, 4.69) is 0 Å². The summed E-state index contributed by atoms with van der Waals surface area (Å²) in [5, 5.41) is 0. The summed E-state index contributed by atoms with van der Waals surface area (Å²) in [5.41, 5.74) is 0. The number of rotatable bonds is 5. The molecule has 1 saturated heterocycles. The van der Waals surface area contributed by atoms with Crippen LogP contribution in [0.1, 0.15) is 52.4 Å². The third kappa shape index (κ3) is 2.89. The van der Waals surface area contributed by atoms with Crippen LogP contribution in [-0.2, 0) is 14.4 Å². The van der Waals surface area contributed by atoms with Gasteiger partial charge in [-0.05, 0) is 44.4 Å². The van der Waals surface area contributed by atoms with E-state index >= 15 is 0 Å². The Bertz CT molecular complexity index is 539. The number of likely N-dealkylation sites (tertiary alicyclic amines) is 1. The van der Waals surface area contributed by atoms with Crippen molar-refractivity contribution < 1.29 is 14.4 Å². The maximum absolute atomic E-state index is 13.1. The van der Waals surface area contributed by atoms with Gasteiger partial charge < -0.3 is 4.90 Å². The van der Waals surface area contributed by atoms with Gasteiger partial charge in [0.15, 0.2) is 0 Å². The number of imide groups is 1. The summed E-state index contributed by atoms with van der Waals surface area (Å²) in [7, 11) is 1.82. The second kappa shape index (κ2) is 6.69. The van der Waals surface area contributed by atoms with Crippen LogP contribution in [0.2, 0.25) is 0 Å². The van der Waals surface area contributed by atoms with Gasteiger partial charge in [-0.15, -0.1) is 0 Å². The first-order chi connectivity index (χ1) is 11.4. The van der Waals surface area contributed by atoms with E-state index in [1.165, 1.54) is 4.90 Å². The smallest absolute Gasteiger partial charge is 0.245 e. The predicted molar refractivity (Wildman–Crippen MR) is 90.9 cm³/mol. The second-order valence-corrected chi connectivity index (χ2v) is 7.88. The molecule has 0 unspecified atom stereocenters. The van der Waals surface area contributed by atoms with Crippen LogP contribution in [0.15, 0.2) is 12.2 Å². The lowest BCUT2D eigenvalue weighted by Crippen LogP contribution is -2.54. The Morgan fingerprint density at radius 3 is 2.12 bits per heavy atom. The number of fused-ring (bicyclic) bond motifs is 1. The summed E-state index contributed by atoms with van der Waals surface area (Å²) in [5.74, 6) is -0.638. The molecule has 1 aliphatic heterocycles. The highest BCUT2D eigenvalue weighted by molar-refractivity contribution is 6.08. The zero-order valence-corrected chi connectivity index (χ0v) is 14.9. The first-order valence-electron chi connectivity index (χ1n) is 9.20. The molecule has 0 bridgehead atoms. The molecule has 0 aromatic rings. The lowest BCUT2D eigenvalue weighted by molar-refractivity contribution is -0.153. The third-order valence-electron chi connectivity index (χ3n) is 5.80. The number of likely N-dealkylation sites (N-methyl/N-ethyl adjacent to an activating group) is 1. The molecule has 0 radical (unpaired) electrons. The van der Waals surface area contributed by atoms with E-state index in [1.807, 2.05) is 33.0 Å². The Morgan fingerprint density at radius 2 is 1.71 bits per heavy atom. The summed E-state index contributed by atoms with van der Waals surface area (Å²) in [6.07, 6.45) is 8.93. The third-order valence-corrected chi connectivity index (χ3v) is 5.80. The Labute approximate surface area is 144 Å². The highest BCUT2D eigenvalue weighted by atomic mass is 16.2. The van der Waals surface area contributed by atoms with Crippen LogP contribution in [0.5, 0.6) is 0 Å². The second-order valence-electron chi connectivity index (χ2n) is 7.88. The quantitative estimate of drug-likeness (QED) is 0.574. The molecule has 0 N–H and O–H groups in total. The molecule has 2 aliphatic carbocycles. The Hall–Kier alpha value is -1.65. The molecule has 5 heteroatoms. The largest absolute Gasteiger partial charge is 0.341 e. The van der Waals surface area contributed by atoms with Gasteiger partial charge in [0, 0.05) is 13.1 Å². The van der Waals surface area contributed by atoms with Gasteiger partial charge in [-0.2, -0.15) is 0 Å². The van der Waals surface area contributed by atoms with E-state index in [-0.39, 0.29) is 41.5 Å². The maximum atomic E-state index is 13.1. The minimum Gasteiger partial charge on any atom is -0.341 e. The highest BCUT2D eigenvalue weighted by Crippen LogP contribution is 2.37. The molecule has 132 valence electrons. The lowest BCUT2D eigenvalue weighted by Gasteiger charge is -2.38. The highest BCUT2D eigenvalue weighted by Gasteiger charge is 2.51. The molecular formula is C19H28N2O3. The molecule has 3 aliphatic rings. The minimum absolute atomic E-state index is 0.0679. The van der Waals surface area contributed by atoms with Crippen molar-refractivity contribution in [3.05, 3.63) is 12.2 Å². The average molecular weight is 332 g/mol. The monoisotopic (exact) mass is 332 g/mol. The summed E-state index contributed by atoms with van der Waals surface area (Å²) in [4.78, 5) is 41.9. The van der Waals surface area contributed by atoms with E-state index in [0.717, 1.165) is 19.3 Å². The molecule has 1 saturated carbocycles. The molecule has 0 aromatic carbocycles. The van der Waals surface area contributed by atoms with E-state index in [9.17, 15) is 14.4 Å². The fourth-order valence-corrected chi connectivity index (χ4v) is 4.09. The molecule has 0 aromatic heterocycles. The number of hydrogen-bond acceptors (Lipinski definition) is 3. The Kier molecular flexibility index (Phi) is 4.79. The van der Waals surface area contributed by atoms with E-state index in [4.69, 9.17) is 0 Å². The van der Waals surface area contributed by atoms with Gasteiger partial charge in [0.25, 0.3) is 0 Å². The standard InChI is InChI=1S/C19H28N2O3/c1-12(2)11-16(19(24)20(3)13-7-6-8-13)21-17(22)14-9-4-5-10-15(14)18(21)23/h4-5,12-16H,6-11H2,1-3H3/t14-,15+,16-/m0/s1. The van der Waals surface area contributed by atoms with E-state index in [0.29, 0.717) is 19.3 Å². The van der Waals surface area contributed by atoms with Gasteiger partial charge in [-0.1, -0.05) is 26.0 Å². The number of allylic oxidation sites excluding steroid dienone is 2. The molecule has 24 heavy (non-hydrogen) atoms. The fourth-order valence-electron chi connectivity index (χ4n) is 4.09. The number of nitrogens with zero attached hydrogens (tertiary/aromatic N) is 2. The van der Waals surface area contributed by atoms with Crippen molar-refractivity contribution in [2.24, 2.45) is 17.8 Å². The molecule has 0 spiro atoms. The van der Waals surface area contributed by atoms with Gasteiger partial charge in [0.05, 0.1) is 11.8 Å². The molecule has 3 atom stereocenters. The van der Waals surface area contributed by atoms with Gasteiger partial charge in [0.2, 0.25) is 17.7 Å². The van der Waals surface area contributed by atoms with Gasteiger partial charge >= 0.3 is 0 Å². The van der Waals surface area contributed by atoms with Crippen LogP contribution in [-0.4, -0.2) is 46.7 Å². The lowest BCUT2D eigenvalue weighted by atomic mass is 9.85. The van der Waals surface area contributed by atoms with Crippen LogP contribution in [0.3, 0.4) is 0 Å². The van der Waals surface area contributed by atoms with Crippen LogP contribution in [0.25, 0.3) is 0 Å². The predicted octanol–water partition coefficient (Wildman–Crippen LogP) is 2.36. The molecule has 1 heterocycles. The van der Waals surface area contributed by atoms with Gasteiger partial charge in [-0.3, -0.25) is 19.3 Å². The van der Waals surface area contributed by atoms with Crippen LogP contribution in [0.4, 0.5) is 0 Å². The topological polar surface area (TPSA) is 57.7 Å². The Morgan fingerprint density at radius 1 is 1.17 bits per heavy atom. The van der Waals surface area contributed by atoms with Crippen molar-refractivity contribution >= 4 is 17.7 Å². The van der Waals surface area contributed by atoms with Crippen molar-refractivity contribution in [3.8, 4) is 0 Å². The van der Waals surface area contributed by atoms with E-state index < -0.39 is 6.04 Å². The van der Waals surface area contributed by atoms with Crippen LogP contribution < -0.4 is 0 Å². The maximum Gasteiger partial charge on any atom is 0.245 e. The van der Waals surface area contributed by atoms with Crippen LogP contribution >= 0.6 is 0 Å². The minimum atomic E-state index is -0.638. The number of hydrogen-bond donors (Lipinski definition) is 0. The van der Waals surface area contributed by atoms with Crippen molar-refractivity contribution in [3.63, 3.8) is 0 Å². The van der Waals surface area contributed by atoms with Crippen molar-refractivity contribution in [2.75, 3.05) is 7.05 Å². The SMILES string of the molecule is CC(C)C[C@@H](C(=O)N(C)C1CCC1)N1C(=O)[C@H]2CC=CC[C@H]2C1=O. The number of carbonyl (C=O) groups is 3. The zero-order chi connectivity index (χ0) is 17.4. The first kappa shape index (κ1) is 17.2. The summed E-state index contributed by atoms with van der Waals surface area (Å²) in [6, 6.07) is -0.370. The van der Waals surface area contributed by atoms with Crippen LogP contribution in [0, 0.1) is 17.8 Å². The summed E-state index contributed by atoms with van der Waals surface area (Å²) in [6.45, 7) is 4.06. The zero-order valence-electron chi connectivity index (χ0n) is 14.9. The molecule has 3 rings (SSSR count). The fraction of sp³-hybridized carbons (Fsp3) is 0.737. The molecular weight excluding hydrogens is 304 g/mol. The van der Waals surface area contributed by atoms with Crippen molar-refractivity contribution in [1.29, 1.82) is 0 Å². The number of amides is 3. The normalized spacial score (nSPS) is 28.1. The number of carbonyl (C=O) groups excluding carboxylic acids is 3. The Balaban J connectivity index is 1.84. The summed E-state index contributed by atoms with van der Waals surface area (Å²) >= 11 is 0. The molecule has 2 fully saturated rings. The van der Waals surface area contributed by atoms with E-state index in [1.54, 1.807) is 4.90 Å². The van der Waals surface area contributed by atoms with Crippen molar-refractivity contribution in [2.45, 2.75) is 64.5 Å².